The van der Waals surface area contributed by atoms with Gasteiger partial charge in [0.2, 0.25) is 5.91 Å². The number of halogens is 3. The Hall–Kier alpha value is -2.50. The van der Waals surface area contributed by atoms with Gasteiger partial charge in [0.05, 0.1) is 5.41 Å². The minimum absolute atomic E-state index is 0.0486. The van der Waals surface area contributed by atoms with Crippen molar-refractivity contribution in [3.05, 3.63) is 65.5 Å². The van der Waals surface area contributed by atoms with E-state index >= 15 is 0 Å². The molecule has 0 atom stereocenters. The van der Waals surface area contributed by atoms with Crippen LogP contribution in [0.2, 0.25) is 0 Å². The molecule has 138 valence electrons. The highest BCUT2D eigenvalue weighted by Crippen LogP contribution is 2.41. The van der Waals surface area contributed by atoms with Crippen LogP contribution in [0.3, 0.4) is 0 Å². The molecule has 0 spiro atoms. The number of benzene rings is 2. The largest absolute Gasteiger partial charge is 0.435 e. The number of amides is 1. The van der Waals surface area contributed by atoms with E-state index in [0.29, 0.717) is 24.0 Å². The molecule has 3 nitrogen and oxygen atoms in total. The topological polar surface area (TPSA) is 38.3 Å². The SMILES string of the molecule is O=C(NCc1cccc(OC(F)F)c1)C1(c2cccc(F)c2)CCCC1. The third-order valence-corrected chi connectivity index (χ3v) is 4.85. The first-order chi connectivity index (χ1) is 12.5. The molecule has 6 heteroatoms. The number of ether oxygens (including phenoxy) is 1. The molecule has 26 heavy (non-hydrogen) atoms. The van der Waals surface area contributed by atoms with E-state index in [1.54, 1.807) is 24.3 Å². The van der Waals surface area contributed by atoms with E-state index in [0.717, 1.165) is 12.8 Å². The van der Waals surface area contributed by atoms with Gasteiger partial charge in [-0.25, -0.2) is 4.39 Å². The minimum Gasteiger partial charge on any atom is -0.435 e. The predicted octanol–water partition coefficient (Wildman–Crippen LogP) is 4.56. The summed E-state index contributed by atoms with van der Waals surface area (Å²) in [5.41, 5.74) is 0.602. The van der Waals surface area contributed by atoms with Crippen molar-refractivity contribution in [1.82, 2.24) is 5.32 Å². The summed E-state index contributed by atoms with van der Waals surface area (Å²) in [6, 6.07) is 12.4. The molecule has 1 amide bonds. The maximum Gasteiger partial charge on any atom is 0.387 e. The molecular formula is C20H20F3NO2. The van der Waals surface area contributed by atoms with E-state index in [1.807, 2.05) is 0 Å². The molecule has 0 aliphatic heterocycles. The molecule has 0 unspecified atom stereocenters. The summed E-state index contributed by atoms with van der Waals surface area (Å²) >= 11 is 0. The van der Waals surface area contributed by atoms with Crippen LogP contribution in [0, 0.1) is 5.82 Å². The van der Waals surface area contributed by atoms with Crippen LogP contribution < -0.4 is 10.1 Å². The number of carbonyl (C=O) groups is 1. The Balaban J connectivity index is 1.73. The zero-order chi connectivity index (χ0) is 18.6. The molecule has 2 aromatic carbocycles. The summed E-state index contributed by atoms with van der Waals surface area (Å²) in [5.74, 6) is -0.480. The van der Waals surface area contributed by atoms with Crippen LogP contribution in [-0.2, 0) is 16.8 Å². The van der Waals surface area contributed by atoms with E-state index in [-0.39, 0.29) is 24.0 Å². The van der Waals surface area contributed by atoms with E-state index in [1.165, 1.54) is 24.3 Å². The monoisotopic (exact) mass is 363 g/mol. The first-order valence-corrected chi connectivity index (χ1v) is 8.58. The fraction of sp³-hybridized carbons (Fsp3) is 0.350. The Morgan fingerprint density at radius 3 is 2.54 bits per heavy atom. The van der Waals surface area contributed by atoms with Gasteiger partial charge in [0.15, 0.2) is 0 Å². The van der Waals surface area contributed by atoms with Crippen molar-refractivity contribution in [1.29, 1.82) is 0 Å². The first-order valence-electron chi connectivity index (χ1n) is 8.58. The number of hydrogen-bond donors (Lipinski definition) is 1. The van der Waals surface area contributed by atoms with Gasteiger partial charge in [0.1, 0.15) is 11.6 Å². The molecule has 3 rings (SSSR count). The van der Waals surface area contributed by atoms with Crippen molar-refractivity contribution in [2.24, 2.45) is 0 Å². The number of carbonyl (C=O) groups excluding carboxylic acids is 1. The van der Waals surface area contributed by atoms with Crippen molar-refractivity contribution in [3.63, 3.8) is 0 Å². The smallest absolute Gasteiger partial charge is 0.387 e. The van der Waals surface area contributed by atoms with Gasteiger partial charge in [-0.1, -0.05) is 37.1 Å². The zero-order valence-electron chi connectivity index (χ0n) is 14.2. The molecule has 1 N–H and O–H groups in total. The van der Waals surface area contributed by atoms with E-state index in [9.17, 15) is 18.0 Å². The summed E-state index contributed by atoms with van der Waals surface area (Å²) in [5, 5.41) is 2.88. The van der Waals surface area contributed by atoms with Gasteiger partial charge in [-0.05, 0) is 48.2 Å². The molecule has 0 radical (unpaired) electrons. The van der Waals surface area contributed by atoms with Crippen molar-refractivity contribution in [3.8, 4) is 5.75 Å². The quantitative estimate of drug-likeness (QED) is 0.817. The first kappa shape index (κ1) is 18.3. The molecule has 1 fully saturated rings. The van der Waals surface area contributed by atoms with Gasteiger partial charge in [-0.2, -0.15) is 8.78 Å². The van der Waals surface area contributed by atoms with Gasteiger partial charge in [0.25, 0.3) is 0 Å². The number of hydrogen-bond acceptors (Lipinski definition) is 2. The van der Waals surface area contributed by atoms with Gasteiger partial charge >= 0.3 is 6.61 Å². The average Bonchev–Trinajstić information content (AvgIpc) is 3.10. The molecule has 0 bridgehead atoms. The maximum absolute atomic E-state index is 13.6. The second-order valence-electron chi connectivity index (χ2n) is 6.51. The van der Waals surface area contributed by atoms with Crippen molar-refractivity contribution >= 4 is 5.91 Å². The Labute approximate surface area is 150 Å². The average molecular weight is 363 g/mol. The van der Waals surface area contributed by atoms with E-state index in [2.05, 4.69) is 10.1 Å². The summed E-state index contributed by atoms with van der Waals surface area (Å²) in [4.78, 5) is 12.9. The number of nitrogens with one attached hydrogen (secondary N) is 1. The van der Waals surface area contributed by atoms with E-state index in [4.69, 9.17) is 0 Å². The Kier molecular flexibility index (Phi) is 5.49. The highest BCUT2D eigenvalue weighted by Gasteiger charge is 2.42. The van der Waals surface area contributed by atoms with E-state index < -0.39 is 12.0 Å². The highest BCUT2D eigenvalue weighted by atomic mass is 19.3. The van der Waals surface area contributed by atoms with Gasteiger partial charge in [-0.15, -0.1) is 0 Å². The fourth-order valence-corrected chi connectivity index (χ4v) is 3.59. The van der Waals surface area contributed by atoms with Gasteiger partial charge < -0.3 is 10.1 Å². The molecule has 1 aliphatic rings. The maximum atomic E-state index is 13.6. The van der Waals surface area contributed by atoms with Crippen molar-refractivity contribution in [2.45, 2.75) is 44.3 Å². The third kappa shape index (κ3) is 4.00. The molecule has 1 aliphatic carbocycles. The van der Waals surface area contributed by atoms with Crippen LogP contribution in [0.15, 0.2) is 48.5 Å². The lowest BCUT2D eigenvalue weighted by molar-refractivity contribution is -0.126. The van der Waals surface area contributed by atoms with Crippen molar-refractivity contribution in [2.75, 3.05) is 0 Å². The summed E-state index contributed by atoms with van der Waals surface area (Å²) in [6.45, 7) is -2.70. The number of rotatable bonds is 6. The third-order valence-electron chi connectivity index (χ3n) is 4.85. The Bertz CT molecular complexity index is 773. The molecule has 0 aromatic heterocycles. The number of alkyl halides is 2. The van der Waals surface area contributed by atoms with Crippen LogP contribution in [0.4, 0.5) is 13.2 Å². The van der Waals surface area contributed by atoms with Gasteiger partial charge in [-0.3, -0.25) is 4.79 Å². The highest BCUT2D eigenvalue weighted by molar-refractivity contribution is 5.88. The van der Waals surface area contributed by atoms with Crippen molar-refractivity contribution < 1.29 is 22.7 Å². The lowest BCUT2D eigenvalue weighted by Gasteiger charge is -2.28. The lowest BCUT2D eigenvalue weighted by atomic mass is 9.78. The van der Waals surface area contributed by atoms with Crippen LogP contribution >= 0.6 is 0 Å². The second-order valence-corrected chi connectivity index (χ2v) is 6.51. The molecule has 1 saturated carbocycles. The Morgan fingerprint density at radius 1 is 1.12 bits per heavy atom. The van der Waals surface area contributed by atoms with Gasteiger partial charge in [0, 0.05) is 6.54 Å². The standard InChI is InChI=1S/C20H20F3NO2/c21-16-7-4-6-15(12-16)20(9-1-2-10-20)18(25)24-13-14-5-3-8-17(11-14)26-19(22)23/h3-8,11-12,19H,1-2,9-10,13H2,(H,24,25). The summed E-state index contributed by atoms with van der Waals surface area (Å²) < 4.78 is 42.7. The fourth-order valence-electron chi connectivity index (χ4n) is 3.59. The molecule has 0 heterocycles. The van der Waals surface area contributed by atoms with Crippen LogP contribution in [0.5, 0.6) is 5.75 Å². The summed E-state index contributed by atoms with van der Waals surface area (Å²) in [7, 11) is 0. The second kappa shape index (κ2) is 7.81. The predicted molar refractivity (Wildman–Crippen MR) is 91.5 cm³/mol. The van der Waals surface area contributed by atoms with Crippen LogP contribution in [-0.4, -0.2) is 12.5 Å². The minimum atomic E-state index is -2.89. The zero-order valence-corrected chi connectivity index (χ0v) is 14.2. The molecular weight excluding hydrogens is 343 g/mol. The Morgan fingerprint density at radius 2 is 1.85 bits per heavy atom. The van der Waals surface area contributed by atoms with Crippen LogP contribution in [0.1, 0.15) is 36.8 Å². The van der Waals surface area contributed by atoms with Crippen LogP contribution in [0.25, 0.3) is 0 Å². The molecule has 0 saturated heterocycles. The molecule has 2 aromatic rings. The normalized spacial score (nSPS) is 15.8. The summed E-state index contributed by atoms with van der Waals surface area (Å²) in [6.07, 6.45) is 3.14. The lowest BCUT2D eigenvalue weighted by Crippen LogP contribution is -2.42.